The molecule has 38 heavy (non-hydrogen) atoms. The average Bonchev–Trinajstić information content (AvgIpc) is 3.26. The van der Waals surface area contributed by atoms with Crippen LogP contribution in [0.4, 0.5) is 11.6 Å². The molecule has 0 saturated carbocycles. The first-order valence-electron chi connectivity index (χ1n) is 13.7. The second-order valence-electron chi connectivity index (χ2n) is 10.6. The van der Waals surface area contributed by atoms with E-state index in [1.165, 1.54) is 32.4 Å². The van der Waals surface area contributed by atoms with Crippen LogP contribution in [0.1, 0.15) is 53.6 Å². The van der Waals surface area contributed by atoms with Gasteiger partial charge in [-0.05, 0) is 81.9 Å². The molecule has 8 nitrogen and oxygen atoms in total. The largest absolute Gasteiger partial charge is 0.495 e. The third-order valence-corrected chi connectivity index (χ3v) is 8.60. The monoisotopic (exact) mass is 534 g/mol. The number of carbonyl (C=O) groups excluding carboxylic acids is 1. The first-order chi connectivity index (χ1) is 18.5. The molecule has 6 rings (SSSR count). The zero-order valence-corrected chi connectivity index (χ0v) is 22.9. The standard InChI is InChI=1S/C29H35ClN6O2/c1-19-16-25(30)36-15-8-21-18-31-29(33-26(21)27(19)36)32-23-7-6-20(17-24(23)38-2)28(37)35-13-9-22(10-14-35)34-11-4-3-5-12-34/h6-7,16-18,22H,3-5,8-15H2,1-2H3,(H,31,32,33). The van der Waals surface area contributed by atoms with E-state index in [2.05, 4.69) is 26.7 Å². The molecule has 0 aliphatic carbocycles. The lowest BCUT2D eigenvalue weighted by Crippen LogP contribution is -2.48. The number of amides is 1. The number of anilines is 2. The molecule has 3 aromatic rings. The molecule has 3 aliphatic heterocycles. The second-order valence-corrected chi connectivity index (χ2v) is 11.0. The Hall–Kier alpha value is -3.10. The molecule has 2 aromatic heterocycles. The van der Waals surface area contributed by atoms with Crippen LogP contribution >= 0.6 is 11.6 Å². The molecule has 200 valence electrons. The van der Waals surface area contributed by atoms with E-state index in [1.807, 2.05) is 35.4 Å². The number of methoxy groups -OCH3 is 1. The van der Waals surface area contributed by atoms with E-state index in [-0.39, 0.29) is 5.91 Å². The highest BCUT2D eigenvalue weighted by Crippen LogP contribution is 2.36. The zero-order chi connectivity index (χ0) is 26.2. The van der Waals surface area contributed by atoms with E-state index in [4.69, 9.17) is 21.3 Å². The summed E-state index contributed by atoms with van der Waals surface area (Å²) in [6, 6.07) is 8.14. The topological polar surface area (TPSA) is 75.5 Å². The third kappa shape index (κ3) is 4.76. The van der Waals surface area contributed by atoms with Gasteiger partial charge in [-0.25, -0.2) is 9.97 Å². The molecule has 1 amide bonds. The predicted molar refractivity (Wildman–Crippen MR) is 150 cm³/mol. The molecule has 9 heteroatoms. The van der Waals surface area contributed by atoms with Crippen LogP contribution in [0, 0.1) is 6.92 Å². The van der Waals surface area contributed by atoms with Crippen molar-refractivity contribution >= 4 is 29.1 Å². The molecular formula is C29H35ClN6O2. The van der Waals surface area contributed by atoms with Crippen LogP contribution in [0.3, 0.4) is 0 Å². The third-order valence-electron chi connectivity index (χ3n) is 8.28. The molecule has 5 heterocycles. The molecule has 3 aliphatic rings. The lowest BCUT2D eigenvalue weighted by Gasteiger charge is -2.40. The van der Waals surface area contributed by atoms with Crippen LogP contribution in [0.5, 0.6) is 5.75 Å². The van der Waals surface area contributed by atoms with Gasteiger partial charge in [-0.3, -0.25) is 4.79 Å². The SMILES string of the molecule is COc1cc(C(=O)N2CCC(N3CCCCC3)CC2)ccc1Nc1ncc2c(n1)-c1c(C)cc(Cl)n1CC2. The minimum Gasteiger partial charge on any atom is -0.495 e. The summed E-state index contributed by atoms with van der Waals surface area (Å²) < 4.78 is 7.77. The van der Waals surface area contributed by atoms with E-state index in [0.717, 1.165) is 66.6 Å². The van der Waals surface area contributed by atoms with Crippen molar-refractivity contribution in [3.8, 4) is 17.1 Å². The van der Waals surface area contributed by atoms with Crippen molar-refractivity contribution in [2.75, 3.05) is 38.6 Å². The number of aromatic nitrogens is 3. The average molecular weight is 535 g/mol. The quantitative estimate of drug-likeness (QED) is 0.478. The molecule has 1 aromatic carbocycles. The number of likely N-dealkylation sites (tertiary alicyclic amines) is 2. The molecule has 2 saturated heterocycles. The van der Waals surface area contributed by atoms with Crippen LogP contribution < -0.4 is 10.1 Å². The highest BCUT2D eigenvalue weighted by molar-refractivity contribution is 6.30. The maximum atomic E-state index is 13.3. The fraction of sp³-hybridized carbons (Fsp3) is 0.483. The van der Waals surface area contributed by atoms with Gasteiger partial charge in [-0.1, -0.05) is 18.0 Å². The fourth-order valence-electron chi connectivity index (χ4n) is 6.21. The number of nitrogens with zero attached hydrogens (tertiary/aromatic N) is 5. The Morgan fingerprint density at radius 1 is 1.08 bits per heavy atom. The van der Waals surface area contributed by atoms with Crippen molar-refractivity contribution < 1.29 is 9.53 Å². The fourth-order valence-corrected chi connectivity index (χ4v) is 6.55. The maximum absolute atomic E-state index is 13.3. The van der Waals surface area contributed by atoms with Gasteiger partial charge in [0.05, 0.1) is 24.2 Å². The number of benzene rings is 1. The van der Waals surface area contributed by atoms with Gasteiger partial charge in [0.2, 0.25) is 5.95 Å². The van der Waals surface area contributed by atoms with Crippen molar-refractivity contribution in [2.45, 2.75) is 58.0 Å². The van der Waals surface area contributed by atoms with Crippen LogP contribution in [0.25, 0.3) is 11.4 Å². The van der Waals surface area contributed by atoms with E-state index >= 15 is 0 Å². The molecule has 0 unspecified atom stereocenters. The Morgan fingerprint density at radius 3 is 2.63 bits per heavy atom. The maximum Gasteiger partial charge on any atom is 0.253 e. The number of hydrogen-bond acceptors (Lipinski definition) is 6. The Morgan fingerprint density at radius 2 is 1.87 bits per heavy atom. The number of aryl methyl sites for hydroxylation is 2. The summed E-state index contributed by atoms with van der Waals surface area (Å²) in [6.45, 7) is 6.89. The van der Waals surface area contributed by atoms with Crippen molar-refractivity contribution in [3.05, 3.63) is 52.3 Å². The van der Waals surface area contributed by atoms with Gasteiger partial charge in [0.15, 0.2) is 0 Å². The molecule has 1 N–H and O–H groups in total. The number of rotatable bonds is 5. The van der Waals surface area contributed by atoms with Crippen LogP contribution in [0.2, 0.25) is 5.15 Å². The smallest absolute Gasteiger partial charge is 0.253 e. The van der Waals surface area contributed by atoms with Gasteiger partial charge in [0, 0.05) is 43.0 Å². The number of piperidine rings is 2. The normalized spacial score (nSPS) is 18.1. The first-order valence-corrected chi connectivity index (χ1v) is 14.1. The van der Waals surface area contributed by atoms with Gasteiger partial charge in [0.25, 0.3) is 5.91 Å². The van der Waals surface area contributed by atoms with Crippen molar-refractivity contribution in [3.63, 3.8) is 0 Å². The summed E-state index contributed by atoms with van der Waals surface area (Å²) in [7, 11) is 1.62. The van der Waals surface area contributed by atoms with E-state index in [0.29, 0.717) is 29.0 Å². The molecule has 0 radical (unpaired) electrons. The first kappa shape index (κ1) is 25.2. The summed E-state index contributed by atoms with van der Waals surface area (Å²) in [5.41, 5.74) is 5.50. The van der Waals surface area contributed by atoms with E-state index < -0.39 is 0 Å². The van der Waals surface area contributed by atoms with Gasteiger partial charge < -0.3 is 24.4 Å². The molecule has 0 atom stereocenters. The zero-order valence-electron chi connectivity index (χ0n) is 22.2. The number of fused-ring (bicyclic) bond motifs is 3. The van der Waals surface area contributed by atoms with Crippen LogP contribution in [0.15, 0.2) is 30.5 Å². The number of nitrogens with one attached hydrogen (secondary N) is 1. The van der Waals surface area contributed by atoms with Gasteiger partial charge >= 0.3 is 0 Å². The van der Waals surface area contributed by atoms with Gasteiger partial charge in [-0.2, -0.15) is 0 Å². The minimum atomic E-state index is 0.0603. The molecule has 0 spiro atoms. The number of ether oxygens (including phenoxy) is 1. The lowest BCUT2D eigenvalue weighted by molar-refractivity contribution is 0.0589. The summed E-state index contributed by atoms with van der Waals surface area (Å²) >= 11 is 6.43. The number of carbonyl (C=O) groups is 1. The summed E-state index contributed by atoms with van der Waals surface area (Å²) in [4.78, 5) is 27.3. The number of halogens is 1. The van der Waals surface area contributed by atoms with E-state index in [9.17, 15) is 4.79 Å². The van der Waals surface area contributed by atoms with Crippen molar-refractivity contribution in [1.29, 1.82) is 0 Å². The highest BCUT2D eigenvalue weighted by Gasteiger charge is 2.28. The van der Waals surface area contributed by atoms with Crippen molar-refractivity contribution in [1.82, 2.24) is 24.3 Å². The lowest BCUT2D eigenvalue weighted by atomic mass is 9.99. The predicted octanol–water partition coefficient (Wildman–Crippen LogP) is 5.31. The Bertz CT molecular complexity index is 1340. The summed E-state index contributed by atoms with van der Waals surface area (Å²) in [5.74, 6) is 1.12. The summed E-state index contributed by atoms with van der Waals surface area (Å²) in [6.07, 6.45) is 8.77. The van der Waals surface area contributed by atoms with Crippen LogP contribution in [-0.2, 0) is 13.0 Å². The molecule has 0 bridgehead atoms. The Labute approximate surface area is 229 Å². The Kier molecular flexibility index (Phi) is 7.01. The van der Waals surface area contributed by atoms with Gasteiger partial charge in [0.1, 0.15) is 10.9 Å². The second kappa shape index (κ2) is 10.6. The van der Waals surface area contributed by atoms with E-state index in [1.54, 1.807) is 7.11 Å². The number of hydrogen-bond donors (Lipinski definition) is 1. The summed E-state index contributed by atoms with van der Waals surface area (Å²) in [5, 5.41) is 4.03. The van der Waals surface area contributed by atoms with Gasteiger partial charge in [-0.15, -0.1) is 0 Å². The molecular weight excluding hydrogens is 500 g/mol. The van der Waals surface area contributed by atoms with Crippen LogP contribution in [-0.4, -0.2) is 69.6 Å². The van der Waals surface area contributed by atoms with Crippen molar-refractivity contribution in [2.24, 2.45) is 0 Å². The molecule has 2 fully saturated rings. The highest BCUT2D eigenvalue weighted by atomic mass is 35.5. The minimum absolute atomic E-state index is 0.0603. The Balaban J connectivity index is 1.16.